The lowest BCUT2D eigenvalue weighted by Crippen LogP contribution is -2.36. The highest BCUT2D eigenvalue weighted by molar-refractivity contribution is 5.74. The molecule has 0 unspecified atom stereocenters. The lowest BCUT2D eigenvalue weighted by atomic mass is 10.0. The first-order valence-corrected chi connectivity index (χ1v) is 9.41. The first-order chi connectivity index (χ1) is 13.6. The fourth-order valence-electron chi connectivity index (χ4n) is 3.40. The molecule has 0 saturated heterocycles. The van der Waals surface area contributed by atoms with Gasteiger partial charge in [0.1, 0.15) is 11.5 Å². The van der Waals surface area contributed by atoms with Gasteiger partial charge >= 0.3 is 0 Å². The monoisotopic (exact) mass is 377 g/mol. The summed E-state index contributed by atoms with van der Waals surface area (Å²) < 4.78 is 1.89. The van der Waals surface area contributed by atoms with E-state index in [2.05, 4.69) is 22.3 Å². The number of aromatic nitrogens is 5. The minimum absolute atomic E-state index is 0.0604. The second kappa shape index (κ2) is 7.75. The van der Waals surface area contributed by atoms with Crippen molar-refractivity contribution in [3.05, 3.63) is 54.1 Å². The van der Waals surface area contributed by atoms with E-state index in [1.165, 1.54) is 0 Å². The maximum absolute atomic E-state index is 11.8. The Bertz CT molecular complexity index is 956. The first-order valence-electron chi connectivity index (χ1n) is 9.41. The minimum atomic E-state index is 0.0604. The number of hydrogen-bond donors (Lipinski definition) is 1. The molecule has 3 aromatic heterocycles. The zero-order valence-electron chi connectivity index (χ0n) is 16.0. The number of anilines is 1. The van der Waals surface area contributed by atoms with Crippen LogP contribution in [-0.2, 0) is 24.3 Å². The highest BCUT2D eigenvalue weighted by Gasteiger charge is 2.25. The van der Waals surface area contributed by atoms with Crippen LogP contribution in [0.5, 0.6) is 0 Å². The van der Waals surface area contributed by atoms with Gasteiger partial charge in [-0.05, 0) is 31.5 Å². The minimum Gasteiger partial charge on any atom is -0.365 e. The van der Waals surface area contributed by atoms with Crippen LogP contribution < -0.4 is 5.32 Å². The highest BCUT2D eigenvalue weighted by atomic mass is 16.2. The van der Waals surface area contributed by atoms with E-state index in [1.54, 1.807) is 19.3 Å². The van der Waals surface area contributed by atoms with Gasteiger partial charge in [0.25, 0.3) is 0 Å². The zero-order valence-corrected chi connectivity index (χ0v) is 16.0. The lowest BCUT2D eigenvalue weighted by Gasteiger charge is -2.29. The van der Waals surface area contributed by atoms with Gasteiger partial charge in [-0.25, -0.2) is 9.97 Å². The number of nitrogens with zero attached hydrogens (tertiary/aromatic N) is 6. The number of fused-ring (bicyclic) bond motifs is 1. The first kappa shape index (κ1) is 18.1. The van der Waals surface area contributed by atoms with E-state index in [1.807, 2.05) is 40.0 Å². The Labute approximate surface area is 163 Å². The van der Waals surface area contributed by atoms with Gasteiger partial charge < -0.3 is 10.2 Å². The number of carbonyl (C=O) groups excluding carboxylic acids is 1. The summed E-state index contributed by atoms with van der Waals surface area (Å²) in [6, 6.07) is 7.71. The molecule has 4 heterocycles. The normalized spacial score (nSPS) is 14.4. The lowest BCUT2D eigenvalue weighted by molar-refractivity contribution is -0.129. The van der Waals surface area contributed by atoms with Crippen molar-refractivity contribution in [1.29, 1.82) is 0 Å². The zero-order chi connectivity index (χ0) is 19.5. The van der Waals surface area contributed by atoms with Crippen LogP contribution >= 0.6 is 0 Å². The molecule has 8 nitrogen and oxygen atoms in total. The van der Waals surface area contributed by atoms with Crippen molar-refractivity contribution in [2.24, 2.45) is 0 Å². The summed E-state index contributed by atoms with van der Waals surface area (Å²) >= 11 is 0. The Kier molecular flexibility index (Phi) is 5.01. The summed E-state index contributed by atoms with van der Waals surface area (Å²) in [4.78, 5) is 27.6. The molecule has 8 heteroatoms. The summed E-state index contributed by atoms with van der Waals surface area (Å²) in [7, 11) is 0. The van der Waals surface area contributed by atoms with E-state index >= 15 is 0 Å². The maximum Gasteiger partial charge on any atom is 0.219 e. The molecule has 0 bridgehead atoms. The van der Waals surface area contributed by atoms with Gasteiger partial charge in [0.15, 0.2) is 5.82 Å². The van der Waals surface area contributed by atoms with Crippen molar-refractivity contribution in [3.63, 3.8) is 0 Å². The van der Waals surface area contributed by atoms with Crippen LogP contribution in [0, 0.1) is 0 Å². The van der Waals surface area contributed by atoms with Crippen LogP contribution in [0.1, 0.15) is 25.1 Å². The SMILES string of the molecule is CC(=O)N1CCc2c(nc(-c3ccccn3)nc2N[C@@H](C)Cn2cccn2)C1. The molecule has 1 N–H and O–H groups in total. The summed E-state index contributed by atoms with van der Waals surface area (Å²) in [5.74, 6) is 1.44. The number of nitrogens with one attached hydrogen (secondary N) is 1. The Balaban J connectivity index is 1.67. The summed E-state index contributed by atoms with van der Waals surface area (Å²) in [6.07, 6.45) is 6.17. The predicted octanol–water partition coefficient (Wildman–Crippen LogP) is 2.14. The van der Waals surface area contributed by atoms with Gasteiger partial charge in [-0.1, -0.05) is 6.07 Å². The van der Waals surface area contributed by atoms with Crippen LogP contribution in [0.25, 0.3) is 11.5 Å². The third kappa shape index (κ3) is 3.85. The summed E-state index contributed by atoms with van der Waals surface area (Å²) in [5, 5.41) is 7.79. The van der Waals surface area contributed by atoms with Crippen molar-refractivity contribution >= 4 is 11.7 Å². The van der Waals surface area contributed by atoms with Crippen molar-refractivity contribution in [1.82, 2.24) is 29.6 Å². The molecule has 0 spiro atoms. The molecule has 1 aliphatic rings. The Morgan fingerprint density at radius 3 is 2.86 bits per heavy atom. The van der Waals surface area contributed by atoms with Crippen LogP contribution in [0.3, 0.4) is 0 Å². The predicted molar refractivity (Wildman–Crippen MR) is 105 cm³/mol. The van der Waals surface area contributed by atoms with Gasteiger partial charge in [-0.3, -0.25) is 14.5 Å². The van der Waals surface area contributed by atoms with Gasteiger partial charge in [-0.2, -0.15) is 5.10 Å². The molecular formula is C20H23N7O. The Morgan fingerprint density at radius 2 is 2.14 bits per heavy atom. The third-order valence-electron chi connectivity index (χ3n) is 4.81. The topological polar surface area (TPSA) is 88.8 Å². The third-order valence-corrected chi connectivity index (χ3v) is 4.81. The van der Waals surface area contributed by atoms with Gasteiger partial charge in [0, 0.05) is 43.7 Å². The maximum atomic E-state index is 11.8. The highest BCUT2D eigenvalue weighted by Crippen LogP contribution is 2.27. The van der Waals surface area contributed by atoms with Crippen LogP contribution in [-0.4, -0.2) is 48.1 Å². The Hall–Kier alpha value is -3.29. The fourth-order valence-corrected chi connectivity index (χ4v) is 3.40. The van der Waals surface area contributed by atoms with Crippen LogP contribution in [0.15, 0.2) is 42.9 Å². The van der Waals surface area contributed by atoms with Gasteiger partial charge in [-0.15, -0.1) is 0 Å². The molecule has 0 aliphatic carbocycles. The number of carbonyl (C=O) groups is 1. The quantitative estimate of drug-likeness (QED) is 0.733. The number of amides is 1. The average molecular weight is 377 g/mol. The van der Waals surface area contributed by atoms with E-state index in [9.17, 15) is 4.79 Å². The van der Waals surface area contributed by atoms with Crippen LogP contribution in [0.4, 0.5) is 5.82 Å². The molecule has 0 aromatic carbocycles. The smallest absolute Gasteiger partial charge is 0.219 e. The van der Waals surface area contributed by atoms with Crippen LogP contribution in [0.2, 0.25) is 0 Å². The molecule has 0 radical (unpaired) electrons. The van der Waals surface area contributed by atoms with Gasteiger partial charge in [0.2, 0.25) is 5.91 Å². The number of pyridine rings is 1. The van der Waals surface area contributed by atoms with Crippen molar-refractivity contribution in [2.45, 2.75) is 39.4 Å². The van der Waals surface area contributed by atoms with Crippen molar-refractivity contribution < 1.29 is 4.79 Å². The van der Waals surface area contributed by atoms with E-state index in [0.717, 1.165) is 30.0 Å². The molecule has 1 amide bonds. The van der Waals surface area contributed by atoms with Crippen molar-refractivity contribution in [2.75, 3.05) is 11.9 Å². The second-order valence-corrected chi connectivity index (χ2v) is 7.00. The average Bonchev–Trinajstić information content (AvgIpc) is 3.21. The molecule has 144 valence electrons. The number of hydrogen-bond acceptors (Lipinski definition) is 6. The van der Waals surface area contributed by atoms with Crippen molar-refractivity contribution in [3.8, 4) is 11.5 Å². The molecule has 4 rings (SSSR count). The molecule has 0 fully saturated rings. The summed E-state index contributed by atoms with van der Waals surface area (Å²) in [5.41, 5.74) is 2.67. The molecule has 28 heavy (non-hydrogen) atoms. The van der Waals surface area contributed by atoms with E-state index in [4.69, 9.17) is 9.97 Å². The summed E-state index contributed by atoms with van der Waals surface area (Å²) in [6.45, 7) is 5.59. The van der Waals surface area contributed by atoms with E-state index in [-0.39, 0.29) is 11.9 Å². The Morgan fingerprint density at radius 1 is 1.25 bits per heavy atom. The molecule has 3 aromatic rings. The molecule has 0 saturated carbocycles. The van der Waals surface area contributed by atoms with E-state index in [0.29, 0.717) is 24.6 Å². The fraction of sp³-hybridized carbons (Fsp3) is 0.350. The molecular weight excluding hydrogens is 354 g/mol. The molecule has 1 aliphatic heterocycles. The molecule has 1 atom stereocenters. The largest absolute Gasteiger partial charge is 0.365 e. The standard InChI is InChI=1S/C20H23N7O/c1-14(12-27-10-5-9-22-27)23-19-16-7-11-26(15(2)28)13-18(16)24-20(25-19)17-6-3-4-8-21-17/h3-6,8-10,14H,7,11-13H2,1-2H3,(H,23,24,25)/t14-/m0/s1. The van der Waals surface area contributed by atoms with Gasteiger partial charge in [0.05, 0.1) is 18.8 Å². The number of rotatable bonds is 5. The van der Waals surface area contributed by atoms with E-state index < -0.39 is 0 Å². The second-order valence-electron chi connectivity index (χ2n) is 7.00.